The summed E-state index contributed by atoms with van der Waals surface area (Å²) >= 11 is 7.40. The average molecular weight is 810 g/mol. The number of carbonyl (C=O) groups excluding carboxylic acids is 4. The number of hydrogen-bond acceptors (Lipinski definition) is 12. The van der Waals surface area contributed by atoms with Gasteiger partial charge in [0, 0.05) is 36.9 Å². The van der Waals surface area contributed by atoms with Gasteiger partial charge in [-0.05, 0) is 82.9 Å². The fraction of sp³-hybridized carbons (Fsp3) is 0. The number of carbonyl (C=O) groups is 2. The van der Waals surface area contributed by atoms with E-state index in [1.807, 2.05) is 24.3 Å². The molecule has 0 atom stereocenters. The molecule has 14 nitrogen and oxygen atoms in total. The topological polar surface area (TPSA) is 239 Å². The summed E-state index contributed by atoms with van der Waals surface area (Å²) in [5.41, 5.74) is 6.27. The normalized spacial score (nSPS) is 8.47. The standard InChI is InChI=1S/2C15H12N2O2.2CNS.2CO2.Ru/c2*1-2-11-5-7-16-13(9-11)14-10-12(6-8-17-14)3-4-15(18)19;4*2-1-3;/h2*2-10H,1H2,(H,18,19);;;;;/q;;2*-1;;;+2/b2*4-3+;;;;;. The molecule has 51 heavy (non-hydrogen) atoms. The number of isothiocyanates is 2. The van der Waals surface area contributed by atoms with E-state index in [-0.39, 0.29) is 31.8 Å². The van der Waals surface area contributed by atoms with Crippen LogP contribution in [-0.2, 0) is 48.2 Å². The van der Waals surface area contributed by atoms with Crippen LogP contribution >= 0.6 is 24.4 Å². The second-order valence-corrected chi connectivity index (χ2v) is 8.36. The Morgan fingerprint density at radius 2 is 0.804 bits per heavy atom. The van der Waals surface area contributed by atoms with Crippen molar-refractivity contribution in [1.29, 1.82) is 0 Å². The van der Waals surface area contributed by atoms with Crippen LogP contribution in [0.3, 0.4) is 0 Å². The number of rotatable bonds is 8. The molecule has 4 heterocycles. The smallest absolute Gasteiger partial charge is 0.753 e. The van der Waals surface area contributed by atoms with Crippen molar-refractivity contribution in [3.63, 3.8) is 0 Å². The summed E-state index contributed by atoms with van der Waals surface area (Å²) < 4.78 is 0. The Bertz CT molecular complexity index is 1770. The van der Waals surface area contributed by atoms with Crippen LogP contribution in [0.4, 0.5) is 0 Å². The molecule has 2 N–H and O–H groups in total. The number of thiocarbonyl (C=S) groups is 2. The van der Waals surface area contributed by atoms with E-state index in [1.54, 1.807) is 61.2 Å². The maximum absolute atomic E-state index is 10.5. The molecule has 17 heteroatoms. The number of pyridine rings is 4. The molecule has 0 saturated carbocycles. The average Bonchev–Trinajstić information content (AvgIpc) is 3.12. The van der Waals surface area contributed by atoms with Crippen molar-refractivity contribution in [3.8, 4) is 22.8 Å². The number of hydrogen-bond donors (Lipinski definition) is 2. The van der Waals surface area contributed by atoms with Gasteiger partial charge in [-0.25, -0.2) is 9.59 Å². The van der Waals surface area contributed by atoms with Crippen molar-refractivity contribution in [3.05, 3.63) is 132 Å². The maximum atomic E-state index is 10.5. The van der Waals surface area contributed by atoms with E-state index >= 15 is 0 Å². The molecule has 0 spiro atoms. The monoisotopic (exact) mass is 810 g/mol. The van der Waals surface area contributed by atoms with Gasteiger partial charge in [-0.1, -0.05) is 49.7 Å². The zero-order valence-corrected chi connectivity index (χ0v) is 29.4. The van der Waals surface area contributed by atoms with E-state index in [9.17, 15) is 9.59 Å². The number of aromatic nitrogens is 4. The van der Waals surface area contributed by atoms with Crippen molar-refractivity contribution in [1.82, 2.24) is 19.9 Å². The third-order valence-electron chi connectivity index (χ3n) is 4.97. The molecule has 0 saturated heterocycles. The molecule has 0 bridgehead atoms. The molecule has 0 fully saturated rings. The number of carboxylic acids is 2. The molecule has 0 unspecified atom stereocenters. The molecular formula is C34H24N6O8RuS2. The summed E-state index contributed by atoms with van der Waals surface area (Å²) in [5.74, 6) is -1.96. The van der Waals surface area contributed by atoms with Crippen LogP contribution in [0.25, 0.3) is 57.9 Å². The molecule has 0 amide bonds. The van der Waals surface area contributed by atoms with Crippen molar-refractivity contribution in [2.45, 2.75) is 0 Å². The fourth-order valence-corrected chi connectivity index (χ4v) is 3.14. The number of nitrogens with zero attached hydrogens (tertiary/aromatic N) is 6. The Balaban J connectivity index is -0.000000680. The molecule has 0 radical (unpaired) electrons. The van der Waals surface area contributed by atoms with E-state index in [0.29, 0.717) is 11.4 Å². The molecule has 0 aliphatic rings. The van der Waals surface area contributed by atoms with Gasteiger partial charge in [-0.15, -0.1) is 0 Å². The van der Waals surface area contributed by atoms with Gasteiger partial charge in [0.25, 0.3) is 0 Å². The number of aliphatic carboxylic acids is 2. The minimum Gasteiger partial charge on any atom is -0.753 e. The predicted octanol–water partition coefficient (Wildman–Crippen LogP) is 5.92. The number of carboxylic acid groups (broad SMARTS) is 2. The summed E-state index contributed by atoms with van der Waals surface area (Å²) in [4.78, 5) is 70.4. The van der Waals surface area contributed by atoms with Gasteiger partial charge in [0.05, 0.1) is 22.8 Å². The fourth-order valence-electron chi connectivity index (χ4n) is 3.14. The predicted molar refractivity (Wildman–Crippen MR) is 190 cm³/mol. The second kappa shape index (κ2) is 32.1. The molecule has 0 aliphatic carbocycles. The van der Waals surface area contributed by atoms with Gasteiger partial charge < -0.3 is 21.0 Å². The van der Waals surface area contributed by atoms with Gasteiger partial charge in [-0.3, -0.25) is 19.9 Å². The Morgan fingerprint density at radius 1 is 0.588 bits per heavy atom. The largest absolute Gasteiger partial charge is 2.00 e. The van der Waals surface area contributed by atoms with Crippen molar-refractivity contribution in [2.24, 2.45) is 0 Å². The SMILES string of the molecule is C=Cc1ccnc(-c2cc(/C=C/C(=O)O)ccn2)c1.C=Cc1ccnc(-c2cc(/C=C/C(=O)O)ccn2)c1.O=C=O.O=C=O.[N-]=C=S.[N-]=C=S.[Ru+2]. The molecule has 4 rings (SSSR count). The molecule has 0 aliphatic heterocycles. The molecular weight excluding hydrogens is 786 g/mol. The van der Waals surface area contributed by atoms with Gasteiger partial charge in [-0.2, -0.15) is 29.5 Å². The van der Waals surface area contributed by atoms with Crippen LogP contribution in [0.2, 0.25) is 0 Å². The van der Waals surface area contributed by atoms with Crippen LogP contribution in [-0.4, -0.2) is 64.7 Å². The van der Waals surface area contributed by atoms with Crippen LogP contribution in [0.5, 0.6) is 0 Å². The van der Waals surface area contributed by atoms with E-state index in [2.05, 4.69) is 57.5 Å². The van der Waals surface area contributed by atoms with Crippen LogP contribution in [0.1, 0.15) is 22.3 Å². The van der Waals surface area contributed by atoms with Crippen molar-refractivity contribution >= 4 is 83.3 Å². The quantitative estimate of drug-likeness (QED) is 0.0910. The first-order valence-corrected chi connectivity index (χ1v) is 13.8. The van der Waals surface area contributed by atoms with Crippen LogP contribution in [0, 0.1) is 0 Å². The van der Waals surface area contributed by atoms with Gasteiger partial charge >= 0.3 is 43.7 Å². The van der Waals surface area contributed by atoms with Gasteiger partial charge in [0.1, 0.15) is 0 Å². The summed E-state index contributed by atoms with van der Waals surface area (Å²) in [6, 6.07) is 14.5. The minimum absolute atomic E-state index is 0. The summed E-state index contributed by atoms with van der Waals surface area (Å²) in [5, 5.41) is 34.1. The Labute approximate surface area is 314 Å². The molecule has 258 valence electrons. The van der Waals surface area contributed by atoms with Gasteiger partial charge in [0.15, 0.2) is 0 Å². The molecule has 4 aromatic rings. The van der Waals surface area contributed by atoms with E-state index < -0.39 is 11.9 Å². The Kier molecular flexibility index (Phi) is 30.7. The third kappa shape index (κ3) is 24.3. The summed E-state index contributed by atoms with van der Waals surface area (Å²) in [6.07, 6.45) is 15.8. The maximum Gasteiger partial charge on any atom is 2.00 e. The first-order valence-electron chi connectivity index (χ1n) is 13.0. The third-order valence-corrected chi connectivity index (χ3v) is 4.97. The minimum atomic E-state index is -0.981. The van der Waals surface area contributed by atoms with Crippen LogP contribution < -0.4 is 0 Å². The van der Waals surface area contributed by atoms with Gasteiger partial charge in [0.2, 0.25) is 0 Å². The van der Waals surface area contributed by atoms with E-state index in [4.69, 9.17) is 40.2 Å². The first-order chi connectivity index (χ1) is 24.0. The zero-order valence-electron chi connectivity index (χ0n) is 26.0. The molecule has 0 aromatic carbocycles. The van der Waals surface area contributed by atoms with Crippen molar-refractivity contribution in [2.75, 3.05) is 0 Å². The van der Waals surface area contributed by atoms with E-state index in [1.165, 1.54) is 22.5 Å². The van der Waals surface area contributed by atoms with Crippen molar-refractivity contribution < 1.29 is 58.5 Å². The Morgan fingerprint density at radius 3 is 1.02 bits per heavy atom. The summed E-state index contributed by atoms with van der Waals surface area (Å²) in [7, 11) is 0. The zero-order chi connectivity index (χ0) is 38.2. The van der Waals surface area contributed by atoms with Crippen LogP contribution in [0.15, 0.2) is 98.6 Å². The first kappa shape index (κ1) is 48.9. The Hall–Kier alpha value is -6.52. The van der Waals surface area contributed by atoms with E-state index in [0.717, 1.165) is 45.8 Å². The second-order valence-electron chi connectivity index (χ2n) is 8.00. The molecule has 4 aromatic heterocycles. The summed E-state index contributed by atoms with van der Waals surface area (Å²) in [6.45, 7) is 7.41.